The molecule has 0 saturated carbocycles. The topological polar surface area (TPSA) is 84.7 Å². The fourth-order valence-corrected chi connectivity index (χ4v) is 2.72. The molecule has 0 aromatic heterocycles. The lowest BCUT2D eigenvalue weighted by atomic mass is 10.1. The van der Waals surface area contributed by atoms with E-state index < -0.39 is 0 Å². The minimum Gasteiger partial charge on any atom is -0.497 e. The molecule has 2 amide bonds. The molecule has 0 aliphatic rings. The lowest BCUT2D eigenvalue weighted by molar-refractivity contribution is -0.121. The third-order valence-corrected chi connectivity index (χ3v) is 4.47. The number of nitrogens with two attached hydrogens (primary N) is 1. The molecule has 0 spiro atoms. The molecule has 0 radical (unpaired) electrons. The molecule has 144 valence electrons. The second-order valence-electron chi connectivity index (χ2n) is 6.41. The summed E-state index contributed by atoms with van der Waals surface area (Å²) in [4.78, 5) is 26.5. The number of hydrogen-bond acceptors (Lipinski definition) is 4. The van der Waals surface area contributed by atoms with Crippen molar-refractivity contribution in [1.29, 1.82) is 0 Å². The van der Waals surface area contributed by atoms with Crippen LogP contribution in [0.15, 0.2) is 48.5 Å². The second kappa shape index (κ2) is 9.73. The van der Waals surface area contributed by atoms with Gasteiger partial charge in [0.05, 0.1) is 18.4 Å². The maximum Gasteiger partial charge on any atom is 0.253 e. The Hall–Kier alpha value is -2.86. The van der Waals surface area contributed by atoms with E-state index in [2.05, 4.69) is 5.32 Å². The van der Waals surface area contributed by atoms with Crippen LogP contribution < -0.4 is 20.7 Å². The average Bonchev–Trinajstić information content (AvgIpc) is 2.72. The SMILES string of the molecule is COc1ccc(CCNC(=O)c2ccccc2N(C)C(=O)C(C)CN)cc1. The molecule has 1 atom stereocenters. The van der Waals surface area contributed by atoms with Crippen LogP contribution in [0.1, 0.15) is 22.8 Å². The average molecular weight is 369 g/mol. The number of benzene rings is 2. The largest absolute Gasteiger partial charge is 0.497 e. The summed E-state index contributed by atoms with van der Waals surface area (Å²) in [5, 5.41) is 2.92. The summed E-state index contributed by atoms with van der Waals surface area (Å²) >= 11 is 0. The van der Waals surface area contributed by atoms with Crippen LogP contribution in [-0.4, -0.2) is 39.1 Å². The van der Waals surface area contributed by atoms with E-state index in [4.69, 9.17) is 10.5 Å². The highest BCUT2D eigenvalue weighted by molar-refractivity contribution is 6.05. The summed E-state index contributed by atoms with van der Waals surface area (Å²) in [6.07, 6.45) is 0.705. The van der Waals surface area contributed by atoms with Gasteiger partial charge in [-0.15, -0.1) is 0 Å². The van der Waals surface area contributed by atoms with Gasteiger partial charge in [-0.3, -0.25) is 9.59 Å². The van der Waals surface area contributed by atoms with Gasteiger partial charge >= 0.3 is 0 Å². The highest BCUT2D eigenvalue weighted by Gasteiger charge is 2.21. The molecule has 3 N–H and O–H groups in total. The zero-order valence-electron chi connectivity index (χ0n) is 16.1. The Morgan fingerprint density at radius 3 is 2.44 bits per heavy atom. The smallest absolute Gasteiger partial charge is 0.253 e. The van der Waals surface area contributed by atoms with E-state index in [-0.39, 0.29) is 24.3 Å². The molecule has 1 unspecified atom stereocenters. The molecule has 0 heterocycles. The number of amides is 2. The van der Waals surface area contributed by atoms with Gasteiger partial charge in [0.2, 0.25) is 5.91 Å². The van der Waals surface area contributed by atoms with Gasteiger partial charge < -0.3 is 20.7 Å². The van der Waals surface area contributed by atoms with Crippen molar-refractivity contribution in [2.24, 2.45) is 11.7 Å². The summed E-state index contributed by atoms with van der Waals surface area (Å²) in [5.41, 5.74) is 7.74. The Morgan fingerprint density at radius 2 is 1.81 bits per heavy atom. The van der Waals surface area contributed by atoms with Gasteiger partial charge in [0, 0.05) is 26.1 Å². The summed E-state index contributed by atoms with van der Waals surface area (Å²) in [5.74, 6) is 0.174. The molecule has 0 saturated heterocycles. The fraction of sp³-hybridized carbons (Fsp3) is 0.333. The number of para-hydroxylation sites is 1. The zero-order valence-corrected chi connectivity index (χ0v) is 16.1. The van der Waals surface area contributed by atoms with Gasteiger partial charge in [0.25, 0.3) is 5.91 Å². The van der Waals surface area contributed by atoms with E-state index in [0.29, 0.717) is 24.2 Å². The number of hydrogen-bond donors (Lipinski definition) is 2. The third kappa shape index (κ3) is 5.31. The number of nitrogens with zero attached hydrogens (tertiary/aromatic N) is 1. The maximum atomic E-state index is 12.6. The van der Waals surface area contributed by atoms with Crippen molar-refractivity contribution in [2.45, 2.75) is 13.3 Å². The Balaban J connectivity index is 2.02. The van der Waals surface area contributed by atoms with Crippen LogP contribution in [0.2, 0.25) is 0 Å². The van der Waals surface area contributed by atoms with Crippen LogP contribution in [0.5, 0.6) is 5.75 Å². The maximum absolute atomic E-state index is 12.6. The van der Waals surface area contributed by atoms with Crippen molar-refractivity contribution in [3.05, 3.63) is 59.7 Å². The lowest BCUT2D eigenvalue weighted by Crippen LogP contribution is -2.36. The van der Waals surface area contributed by atoms with Crippen molar-refractivity contribution >= 4 is 17.5 Å². The number of anilines is 1. The van der Waals surface area contributed by atoms with E-state index in [1.807, 2.05) is 24.3 Å². The number of carbonyl (C=O) groups is 2. The van der Waals surface area contributed by atoms with Crippen LogP contribution in [0.3, 0.4) is 0 Å². The Labute approximate surface area is 160 Å². The normalized spacial score (nSPS) is 11.6. The molecule has 0 fully saturated rings. The standard InChI is InChI=1S/C21H27N3O3/c1-15(14-22)21(26)24(2)19-7-5-4-6-18(19)20(25)23-13-12-16-8-10-17(27-3)11-9-16/h4-11,15H,12-14,22H2,1-3H3,(H,23,25). The quantitative estimate of drug-likeness (QED) is 0.747. The molecule has 0 bridgehead atoms. The molecule has 6 heteroatoms. The van der Waals surface area contributed by atoms with Crippen molar-refractivity contribution in [3.8, 4) is 5.75 Å². The Bertz CT molecular complexity index is 774. The number of nitrogens with one attached hydrogen (secondary N) is 1. The fourth-order valence-electron chi connectivity index (χ4n) is 2.72. The van der Waals surface area contributed by atoms with E-state index in [1.54, 1.807) is 45.3 Å². The summed E-state index contributed by atoms with van der Waals surface area (Å²) in [7, 11) is 3.29. The van der Waals surface area contributed by atoms with Crippen molar-refractivity contribution in [3.63, 3.8) is 0 Å². The van der Waals surface area contributed by atoms with Crippen LogP contribution in [0.4, 0.5) is 5.69 Å². The molecule has 2 aromatic rings. The minimum atomic E-state index is -0.304. The van der Waals surface area contributed by atoms with Gasteiger partial charge in [-0.2, -0.15) is 0 Å². The van der Waals surface area contributed by atoms with Gasteiger partial charge in [0.15, 0.2) is 0 Å². The summed E-state index contributed by atoms with van der Waals surface area (Å²) < 4.78 is 5.14. The van der Waals surface area contributed by atoms with Crippen molar-refractivity contribution in [1.82, 2.24) is 5.32 Å². The molecule has 2 aromatic carbocycles. The minimum absolute atomic E-state index is 0.115. The zero-order chi connectivity index (χ0) is 19.8. The van der Waals surface area contributed by atoms with Crippen molar-refractivity contribution in [2.75, 3.05) is 32.1 Å². The first kappa shape index (κ1) is 20.5. The van der Waals surface area contributed by atoms with E-state index in [9.17, 15) is 9.59 Å². The molecule has 0 aliphatic heterocycles. The first-order valence-corrected chi connectivity index (χ1v) is 8.95. The van der Waals surface area contributed by atoms with Gasteiger partial charge in [-0.25, -0.2) is 0 Å². The molecule has 6 nitrogen and oxygen atoms in total. The number of carbonyl (C=O) groups excluding carboxylic acids is 2. The molecular weight excluding hydrogens is 342 g/mol. The van der Waals surface area contributed by atoms with Crippen LogP contribution in [0, 0.1) is 5.92 Å². The molecule has 0 aliphatic carbocycles. The highest BCUT2D eigenvalue weighted by Crippen LogP contribution is 2.21. The predicted octanol–water partition coefficient (Wildman–Crippen LogP) is 2.23. The Morgan fingerprint density at radius 1 is 1.15 bits per heavy atom. The van der Waals surface area contributed by atoms with Gasteiger partial charge in [-0.1, -0.05) is 31.2 Å². The number of ether oxygens (including phenoxy) is 1. The van der Waals surface area contributed by atoms with Gasteiger partial charge in [0.1, 0.15) is 5.75 Å². The number of rotatable bonds is 8. The predicted molar refractivity (Wildman–Crippen MR) is 107 cm³/mol. The highest BCUT2D eigenvalue weighted by atomic mass is 16.5. The van der Waals surface area contributed by atoms with Gasteiger partial charge in [-0.05, 0) is 36.2 Å². The second-order valence-corrected chi connectivity index (χ2v) is 6.41. The van der Waals surface area contributed by atoms with Crippen LogP contribution in [-0.2, 0) is 11.2 Å². The first-order chi connectivity index (χ1) is 13.0. The molecular formula is C21H27N3O3. The third-order valence-electron chi connectivity index (χ3n) is 4.47. The summed E-state index contributed by atoms with van der Waals surface area (Å²) in [6.45, 7) is 2.53. The molecule has 2 rings (SSSR count). The first-order valence-electron chi connectivity index (χ1n) is 8.95. The van der Waals surface area contributed by atoms with E-state index in [1.165, 1.54) is 4.90 Å². The van der Waals surface area contributed by atoms with Crippen LogP contribution >= 0.6 is 0 Å². The molecule has 27 heavy (non-hydrogen) atoms. The summed E-state index contributed by atoms with van der Waals surface area (Å²) in [6, 6.07) is 14.8. The van der Waals surface area contributed by atoms with Crippen LogP contribution in [0.25, 0.3) is 0 Å². The monoisotopic (exact) mass is 369 g/mol. The van der Waals surface area contributed by atoms with E-state index >= 15 is 0 Å². The lowest BCUT2D eigenvalue weighted by Gasteiger charge is -2.23. The Kier molecular flexibility index (Phi) is 7.37. The van der Waals surface area contributed by atoms with Crippen molar-refractivity contribution < 1.29 is 14.3 Å². The van der Waals surface area contributed by atoms with E-state index in [0.717, 1.165) is 11.3 Å². The number of methoxy groups -OCH3 is 1.